The number of nitrogens with zero attached hydrogens (tertiary/aromatic N) is 2. The first-order valence-electron chi connectivity index (χ1n) is 8.91. The third kappa shape index (κ3) is 4.45. The van der Waals surface area contributed by atoms with Crippen LogP contribution in [-0.4, -0.2) is 35.2 Å². The molecular weight excluding hydrogens is 351 g/mol. The lowest BCUT2D eigenvalue weighted by Crippen LogP contribution is -2.34. The number of carbonyl (C=O) groups excluding carboxylic acids is 2. The van der Waals surface area contributed by atoms with Crippen LogP contribution in [0.3, 0.4) is 0 Å². The van der Waals surface area contributed by atoms with Crippen LogP contribution in [0.4, 0.5) is 4.39 Å². The molecule has 1 unspecified atom stereocenters. The summed E-state index contributed by atoms with van der Waals surface area (Å²) in [7, 11) is 1.41. The van der Waals surface area contributed by atoms with E-state index in [1.807, 2.05) is 0 Å². The lowest BCUT2D eigenvalue weighted by Gasteiger charge is -2.24. The Labute approximate surface area is 156 Å². The van der Waals surface area contributed by atoms with Gasteiger partial charge in [0.2, 0.25) is 5.91 Å². The molecule has 0 aliphatic carbocycles. The molecule has 144 valence electrons. The van der Waals surface area contributed by atoms with E-state index in [2.05, 4.69) is 10.4 Å². The summed E-state index contributed by atoms with van der Waals surface area (Å²) in [5, 5.41) is 7.11. The third-order valence-electron chi connectivity index (χ3n) is 4.89. The van der Waals surface area contributed by atoms with Crippen LogP contribution in [0.2, 0.25) is 0 Å². The predicted octanol–water partition coefficient (Wildman–Crippen LogP) is 1.44. The fraction of sp³-hybridized carbons (Fsp3) is 0.421. The van der Waals surface area contributed by atoms with Gasteiger partial charge in [-0.15, -0.1) is 0 Å². The van der Waals surface area contributed by atoms with Gasteiger partial charge in [-0.05, 0) is 42.9 Å². The summed E-state index contributed by atoms with van der Waals surface area (Å²) in [6.07, 6.45) is 3.77. The fourth-order valence-corrected chi connectivity index (χ4v) is 3.35. The molecule has 8 heteroatoms. The Bertz CT molecular complexity index is 849. The Kier molecular flexibility index (Phi) is 5.73. The molecule has 2 aromatic rings. The van der Waals surface area contributed by atoms with Crippen molar-refractivity contribution >= 4 is 11.8 Å². The first-order chi connectivity index (χ1) is 13.0. The summed E-state index contributed by atoms with van der Waals surface area (Å²) in [5.74, 6) is -0.572. The van der Waals surface area contributed by atoms with E-state index in [1.165, 1.54) is 19.4 Å². The monoisotopic (exact) mass is 374 g/mol. The summed E-state index contributed by atoms with van der Waals surface area (Å²) in [5.41, 5.74) is 7.41. The lowest BCUT2D eigenvalue weighted by molar-refractivity contribution is -0.121. The minimum Gasteiger partial charge on any atom is -0.494 e. The third-order valence-corrected chi connectivity index (χ3v) is 4.89. The number of nitrogens with one attached hydrogen (secondary N) is 1. The first-order valence-corrected chi connectivity index (χ1v) is 8.91. The van der Waals surface area contributed by atoms with Gasteiger partial charge >= 0.3 is 0 Å². The Balaban J connectivity index is 1.47. The number of methoxy groups -OCH3 is 1. The van der Waals surface area contributed by atoms with Crippen LogP contribution >= 0.6 is 0 Å². The fourth-order valence-electron chi connectivity index (χ4n) is 3.35. The van der Waals surface area contributed by atoms with Gasteiger partial charge in [0.25, 0.3) is 5.91 Å². The first kappa shape index (κ1) is 18.9. The molecule has 1 aromatic heterocycles. The van der Waals surface area contributed by atoms with Crippen LogP contribution in [0, 0.1) is 11.7 Å². The highest BCUT2D eigenvalue weighted by Gasteiger charge is 2.24. The maximum atomic E-state index is 13.7. The molecular formula is C19H23FN4O3. The van der Waals surface area contributed by atoms with E-state index in [-0.39, 0.29) is 24.0 Å². The quantitative estimate of drug-likeness (QED) is 0.766. The number of nitrogens with two attached hydrogens (primary N) is 1. The highest BCUT2D eigenvalue weighted by Crippen LogP contribution is 2.22. The maximum Gasteiger partial charge on any atom is 0.252 e. The number of carbonyl (C=O) groups is 2. The number of ether oxygens (including phenoxy) is 1. The Morgan fingerprint density at radius 2 is 2.26 bits per heavy atom. The largest absolute Gasteiger partial charge is 0.494 e. The molecule has 0 spiro atoms. The number of hydrogen-bond donors (Lipinski definition) is 2. The van der Waals surface area contributed by atoms with Gasteiger partial charge in [-0.1, -0.05) is 6.07 Å². The van der Waals surface area contributed by atoms with E-state index in [0.717, 1.165) is 17.7 Å². The summed E-state index contributed by atoms with van der Waals surface area (Å²) in [6.45, 7) is 1.23. The molecule has 0 fully saturated rings. The van der Waals surface area contributed by atoms with Gasteiger partial charge in [0, 0.05) is 19.5 Å². The number of aryl methyl sites for hydroxylation is 2. The summed E-state index contributed by atoms with van der Waals surface area (Å²) >= 11 is 0. The van der Waals surface area contributed by atoms with Gasteiger partial charge in [0.05, 0.1) is 24.6 Å². The standard InChI is InChI=1S/C19H23FN4O3/c1-27-17-4-2-12(8-15(17)20)3-5-18(25)22-10-13-6-7-24-16(9-13)14(11-23-24)19(21)26/h2,4,8,11,13H,3,5-7,9-10H2,1H3,(H2,21,26)(H,22,25). The van der Waals surface area contributed by atoms with Crippen molar-refractivity contribution in [1.29, 1.82) is 0 Å². The highest BCUT2D eigenvalue weighted by molar-refractivity contribution is 5.93. The number of benzene rings is 1. The van der Waals surface area contributed by atoms with Gasteiger partial charge in [0.1, 0.15) is 0 Å². The zero-order valence-electron chi connectivity index (χ0n) is 15.2. The molecule has 2 heterocycles. The van der Waals surface area contributed by atoms with Crippen LogP contribution in [-0.2, 0) is 24.2 Å². The molecule has 1 aliphatic heterocycles. The molecule has 3 N–H and O–H groups in total. The van der Waals surface area contributed by atoms with Crippen molar-refractivity contribution < 1.29 is 18.7 Å². The van der Waals surface area contributed by atoms with Gasteiger partial charge in [-0.25, -0.2) is 4.39 Å². The van der Waals surface area contributed by atoms with Crippen LogP contribution in [0.15, 0.2) is 24.4 Å². The SMILES string of the molecule is COc1ccc(CCC(=O)NCC2CCn3ncc(C(N)=O)c3C2)cc1F. The van der Waals surface area contributed by atoms with E-state index >= 15 is 0 Å². The van der Waals surface area contributed by atoms with E-state index in [4.69, 9.17) is 10.5 Å². The highest BCUT2D eigenvalue weighted by atomic mass is 19.1. The van der Waals surface area contributed by atoms with Gasteiger partial charge < -0.3 is 15.8 Å². The van der Waals surface area contributed by atoms with Crippen LogP contribution < -0.4 is 15.8 Å². The van der Waals surface area contributed by atoms with E-state index in [1.54, 1.807) is 16.8 Å². The van der Waals surface area contributed by atoms with E-state index in [0.29, 0.717) is 31.5 Å². The molecule has 1 aromatic carbocycles. The van der Waals surface area contributed by atoms with Crippen molar-refractivity contribution in [2.24, 2.45) is 11.7 Å². The van der Waals surface area contributed by atoms with Crippen LogP contribution in [0.1, 0.15) is 34.5 Å². The van der Waals surface area contributed by atoms with Crippen molar-refractivity contribution in [3.05, 3.63) is 47.0 Å². The molecule has 2 amide bonds. The van der Waals surface area contributed by atoms with E-state index in [9.17, 15) is 14.0 Å². The van der Waals surface area contributed by atoms with Crippen LogP contribution in [0.5, 0.6) is 5.75 Å². The minimum absolute atomic E-state index is 0.0829. The van der Waals surface area contributed by atoms with Crippen molar-refractivity contribution in [2.45, 2.75) is 32.2 Å². The van der Waals surface area contributed by atoms with Crippen LogP contribution in [0.25, 0.3) is 0 Å². The molecule has 7 nitrogen and oxygen atoms in total. The number of amides is 2. The van der Waals surface area contributed by atoms with Gasteiger partial charge in [-0.3, -0.25) is 14.3 Å². The number of primary amides is 1. The zero-order valence-corrected chi connectivity index (χ0v) is 15.2. The number of rotatable bonds is 7. The second kappa shape index (κ2) is 8.20. The number of hydrogen-bond acceptors (Lipinski definition) is 4. The molecule has 0 radical (unpaired) electrons. The molecule has 0 saturated heterocycles. The Morgan fingerprint density at radius 1 is 1.44 bits per heavy atom. The Hall–Kier alpha value is -2.90. The minimum atomic E-state index is -0.479. The lowest BCUT2D eigenvalue weighted by atomic mass is 9.94. The smallest absolute Gasteiger partial charge is 0.252 e. The second-order valence-corrected chi connectivity index (χ2v) is 6.72. The van der Waals surface area contributed by atoms with Crippen molar-refractivity contribution in [1.82, 2.24) is 15.1 Å². The van der Waals surface area contributed by atoms with Gasteiger partial charge in [-0.2, -0.15) is 5.10 Å². The van der Waals surface area contributed by atoms with Gasteiger partial charge in [0.15, 0.2) is 11.6 Å². The second-order valence-electron chi connectivity index (χ2n) is 6.72. The number of fused-ring (bicyclic) bond motifs is 1. The molecule has 1 atom stereocenters. The molecule has 27 heavy (non-hydrogen) atoms. The Morgan fingerprint density at radius 3 is 2.96 bits per heavy atom. The average Bonchev–Trinajstić information content (AvgIpc) is 3.08. The number of aromatic nitrogens is 2. The summed E-state index contributed by atoms with van der Waals surface area (Å²) in [6, 6.07) is 4.70. The molecule has 1 aliphatic rings. The van der Waals surface area contributed by atoms with E-state index < -0.39 is 11.7 Å². The molecule has 0 bridgehead atoms. The normalized spacial score (nSPS) is 15.9. The predicted molar refractivity (Wildman–Crippen MR) is 96.8 cm³/mol. The van der Waals surface area contributed by atoms with Crippen molar-refractivity contribution in [2.75, 3.05) is 13.7 Å². The summed E-state index contributed by atoms with van der Waals surface area (Å²) < 4.78 is 20.4. The molecule has 0 saturated carbocycles. The number of halogens is 1. The molecule has 3 rings (SSSR count). The van der Waals surface area contributed by atoms with Crippen molar-refractivity contribution in [3.63, 3.8) is 0 Å². The average molecular weight is 374 g/mol. The summed E-state index contributed by atoms with van der Waals surface area (Å²) in [4.78, 5) is 23.6. The maximum absolute atomic E-state index is 13.7. The van der Waals surface area contributed by atoms with Crippen molar-refractivity contribution in [3.8, 4) is 5.75 Å². The topological polar surface area (TPSA) is 99.2 Å². The zero-order chi connectivity index (χ0) is 19.4.